The van der Waals surface area contributed by atoms with E-state index in [1.807, 2.05) is 24.3 Å². The van der Waals surface area contributed by atoms with Gasteiger partial charge in [-0.1, -0.05) is 42.5 Å². The van der Waals surface area contributed by atoms with Crippen LogP contribution in [0.4, 0.5) is 0 Å². The topological polar surface area (TPSA) is 95.6 Å². The number of carbonyl (C=O) groups is 2. The molecule has 2 aromatic carbocycles. The SMILES string of the molecule is CNC(=O)c1cccc(CNC(=O)C2CCN(S(=O)(=O)Cc3ccccc3)CC2)c1. The molecule has 1 aliphatic rings. The number of benzene rings is 2. The van der Waals surface area contributed by atoms with E-state index in [-0.39, 0.29) is 23.5 Å². The third kappa shape index (κ3) is 5.67. The Morgan fingerprint density at radius 2 is 1.67 bits per heavy atom. The number of piperidine rings is 1. The highest BCUT2D eigenvalue weighted by molar-refractivity contribution is 7.88. The average molecular weight is 430 g/mol. The normalized spacial score (nSPS) is 15.5. The molecule has 1 saturated heterocycles. The van der Waals surface area contributed by atoms with Crippen LogP contribution in [0.15, 0.2) is 54.6 Å². The van der Waals surface area contributed by atoms with E-state index in [9.17, 15) is 18.0 Å². The Morgan fingerprint density at radius 1 is 1.00 bits per heavy atom. The summed E-state index contributed by atoms with van der Waals surface area (Å²) in [6, 6.07) is 16.2. The molecule has 0 bridgehead atoms. The van der Waals surface area contributed by atoms with Crippen LogP contribution in [0.3, 0.4) is 0 Å². The molecule has 2 N–H and O–H groups in total. The Labute approximate surface area is 177 Å². The lowest BCUT2D eigenvalue weighted by molar-refractivity contribution is -0.126. The Balaban J connectivity index is 1.50. The number of hydrogen-bond donors (Lipinski definition) is 2. The van der Waals surface area contributed by atoms with Crippen LogP contribution < -0.4 is 10.6 Å². The van der Waals surface area contributed by atoms with Crippen LogP contribution in [-0.2, 0) is 27.1 Å². The number of nitrogens with zero attached hydrogens (tertiary/aromatic N) is 1. The Morgan fingerprint density at radius 3 is 2.33 bits per heavy atom. The van der Waals surface area contributed by atoms with Gasteiger partial charge in [-0.3, -0.25) is 9.59 Å². The van der Waals surface area contributed by atoms with Gasteiger partial charge in [0.15, 0.2) is 0 Å². The van der Waals surface area contributed by atoms with Crippen molar-refractivity contribution in [2.24, 2.45) is 5.92 Å². The number of amides is 2. The zero-order chi connectivity index (χ0) is 21.6. The summed E-state index contributed by atoms with van der Waals surface area (Å²) in [5, 5.41) is 5.48. The minimum absolute atomic E-state index is 0.0214. The minimum atomic E-state index is -3.39. The second-order valence-corrected chi connectivity index (χ2v) is 9.38. The van der Waals surface area contributed by atoms with E-state index in [4.69, 9.17) is 0 Å². The lowest BCUT2D eigenvalue weighted by Crippen LogP contribution is -2.43. The quantitative estimate of drug-likeness (QED) is 0.703. The fourth-order valence-corrected chi connectivity index (χ4v) is 5.14. The molecule has 2 amide bonds. The summed E-state index contributed by atoms with van der Waals surface area (Å²) < 4.78 is 26.8. The molecule has 0 saturated carbocycles. The summed E-state index contributed by atoms with van der Waals surface area (Å²) in [5.74, 6) is -0.491. The van der Waals surface area contributed by atoms with Gasteiger partial charge in [-0.25, -0.2) is 12.7 Å². The van der Waals surface area contributed by atoms with Crippen LogP contribution in [0.1, 0.15) is 34.3 Å². The van der Waals surface area contributed by atoms with Crippen molar-refractivity contribution in [3.63, 3.8) is 0 Å². The molecule has 0 unspecified atom stereocenters. The van der Waals surface area contributed by atoms with Crippen molar-refractivity contribution in [2.75, 3.05) is 20.1 Å². The monoisotopic (exact) mass is 429 g/mol. The minimum Gasteiger partial charge on any atom is -0.355 e. The molecule has 7 nitrogen and oxygen atoms in total. The molecular formula is C22H27N3O4S. The summed E-state index contributed by atoms with van der Waals surface area (Å²) in [4.78, 5) is 24.3. The number of rotatable bonds is 7. The van der Waals surface area contributed by atoms with Crippen molar-refractivity contribution < 1.29 is 18.0 Å². The fourth-order valence-electron chi connectivity index (χ4n) is 3.57. The summed E-state index contributed by atoms with van der Waals surface area (Å²) in [7, 11) is -1.82. The first-order valence-electron chi connectivity index (χ1n) is 9.99. The zero-order valence-electron chi connectivity index (χ0n) is 17.0. The van der Waals surface area contributed by atoms with E-state index < -0.39 is 10.0 Å². The van der Waals surface area contributed by atoms with Crippen LogP contribution in [0.25, 0.3) is 0 Å². The van der Waals surface area contributed by atoms with Gasteiger partial charge in [0, 0.05) is 38.2 Å². The van der Waals surface area contributed by atoms with Crippen LogP contribution in [0.2, 0.25) is 0 Å². The van der Waals surface area contributed by atoms with E-state index in [1.54, 1.807) is 37.4 Å². The Kier molecular flexibility index (Phi) is 7.23. The Hall–Kier alpha value is -2.71. The van der Waals surface area contributed by atoms with E-state index in [1.165, 1.54) is 4.31 Å². The maximum absolute atomic E-state index is 12.6. The highest BCUT2D eigenvalue weighted by Crippen LogP contribution is 2.22. The average Bonchev–Trinajstić information content (AvgIpc) is 2.77. The molecule has 0 radical (unpaired) electrons. The van der Waals surface area contributed by atoms with Crippen LogP contribution in [0, 0.1) is 5.92 Å². The van der Waals surface area contributed by atoms with Crippen molar-refractivity contribution >= 4 is 21.8 Å². The van der Waals surface area contributed by atoms with Crippen molar-refractivity contribution in [1.29, 1.82) is 0 Å². The highest BCUT2D eigenvalue weighted by Gasteiger charge is 2.31. The first-order chi connectivity index (χ1) is 14.4. The van der Waals surface area contributed by atoms with Crippen molar-refractivity contribution in [2.45, 2.75) is 25.1 Å². The molecule has 8 heteroatoms. The molecular weight excluding hydrogens is 402 g/mol. The molecule has 30 heavy (non-hydrogen) atoms. The highest BCUT2D eigenvalue weighted by atomic mass is 32.2. The van der Waals surface area contributed by atoms with Crippen molar-refractivity contribution in [3.8, 4) is 0 Å². The van der Waals surface area contributed by atoms with Gasteiger partial charge in [0.25, 0.3) is 5.91 Å². The van der Waals surface area contributed by atoms with Crippen LogP contribution in [0.5, 0.6) is 0 Å². The van der Waals surface area contributed by atoms with Crippen molar-refractivity contribution in [1.82, 2.24) is 14.9 Å². The largest absolute Gasteiger partial charge is 0.355 e. The second-order valence-electron chi connectivity index (χ2n) is 7.41. The molecule has 0 spiro atoms. The molecule has 1 heterocycles. The first-order valence-corrected chi connectivity index (χ1v) is 11.6. The molecule has 1 fully saturated rings. The van der Waals surface area contributed by atoms with Crippen LogP contribution >= 0.6 is 0 Å². The van der Waals surface area contributed by atoms with Gasteiger partial charge in [-0.2, -0.15) is 0 Å². The van der Waals surface area contributed by atoms with Gasteiger partial charge < -0.3 is 10.6 Å². The van der Waals surface area contributed by atoms with Crippen molar-refractivity contribution in [3.05, 3.63) is 71.3 Å². The predicted octanol–water partition coefficient (Wildman–Crippen LogP) is 1.90. The van der Waals surface area contributed by atoms with E-state index in [2.05, 4.69) is 10.6 Å². The number of hydrogen-bond acceptors (Lipinski definition) is 4. The summed E-state index contributed by atoms with van der Waals surface area (Å²) >= 11 is 0. The molecule has 160 valence electrons. The van der Waals surface area contributed by atoms with E-state index >= 15 is 0 Å². The molecule has 0 aliphatic carbocycles. The summed E-state index contributed by atoms with van der Waals surface area (Å²) in [6.07, 6.45) is 0.996. The maximum atomic E-state index is 12.6. The van der Waals surface area contributed by atoms with Gasteiger partial charge in [0.05, 0.1) is 5.75 Å². The standard InChI is InChI=1S/C22H27N3O4S/c1-23-21(26)20-9-5-8-18(14-20)15-24-22(27)19-10-12-25(13-11-19)30(28,29)16-17-6-3-2-4-7-17/h2-9,14,19H,10-13,15-16H2,1H3,(H,23,26)(H,24,27). The first kappa shape index (κ1) is 22.0. The van der Waals surface area contributed by atoms with E-state index in [0.29, 0.717) is 38.0 Å². The summed E-state index contributed by atoms with van der Waals surface area (Å²) in [6.45, 7) is 1.02. The third-order valence-electron chi connectivity index (χ3n) is 5.29. The molecule has 0 aromatic heterocycles. The van der Waals surface area contributed by atoms with Gasteiger partial charge in [-0.15, -0.1) is 0 Å². The van der Waals surface area contributed by atoms with Gasteiger partial charge in [0.1, 0.15) is 0 Å². The van der Waals surface area contributed by atoms with Gasteiger partial charge in [0.2, 0.25) is 15.9 Å². The predicted molar refractivity (Wildman–Crippen MR) is 115 cm³/mol. The van der Waals surface area contributed by atoms with Gasteiger partial charge >= 0.3 is 0 Å². The lowest BCUT2D eigenvalue weighted by Gasteiger charge is -2.30. The summed E-state index contributed by atoms with van der Waals surface area (Å²) in [5.41, 5.74) is 2.14. The zero-order valence-corrected chi connectivity index (χ0v) is 17.8. The van der Waals surface area contributed by atoms with Gasteiger partial charge in [-0.05, 0) is 36.1 Å². The number of sulfonamides is 1. The number of carbonyl (C=O) groups excluding carboxylic acids is 2. The molecule has 1 aliphatic heterocycles. The lowest BCUT2D eigenvalue weighted by atomic mass is 9.97. The number of nitrogens with one attached hydrogen (secondary N) is 2. The third-order valence-corrected chi connectivity index (χ3v) is 7.14. The molecule has 0 atom stereocenters. The molecule has 3 rings (SSSR count). The molecule has 2 aromatic rings. The maximum Gasteiger partial charge on any atom is 0.251 e. The van der Waals surface area contributed by atoms with E-state index in [0.717, 1.165) is 11.1 Å². The fraction of sp³-hybridized carbons (Fsp3) is 0.364. The van der Waals surface area contributed by atoms with Crippen LogP contribution in [-0.4, -0.2) is 44.7 Å². The second kappa shape index (κ2) is 9.86. The smallest absolute Gasteiger partial charge is 0.251 e. The Bertz CT molecular complexity index is 984.